The predicted octanol–water partition coefficient (Wildman–Crippen LogP) is 3.79. The fourth-order valence-corrected chi connectivity index (χ4v) is 4.16. The second-order valence-corrected chi connectivity index (χ2v) is 8.01. The Morgan fingerprint density at radius 1 is 1.12 bits per heavy atom. The molecule has 3 heterocycles. The minimum absolute atomic E-state index is 0.0739. The molecule has 1 atom stereocenters. The molecule has 1 unspecified atom stereocenters. The van der Waals surface area contributed by atoms with Crippen molar-refractivity contribution >= 4 is 22.6 Å². The summed E-state index contributed by atoms with van der Waals surface area (Å²) < 4.78 is 6.90. The normalized spacial score (nSPS) is 12.2. The number of nitrogens with one attached hydrogen (secondary N) is 2. The maximum atomic E-state index is 13.0. The molecule has 0 radical (unpaired) electrons. The van der Waals surface area contributed by atoms with Crippen LogP contribution in [-0.4, -0.2) is 44.1 Å². The van der Waals surface area contributed by atoms with E-state index in [4.69, 9.17) is 4.74 Å². The highest BCUT2D eigenvalue weighted by Gasteiger charge is 2.21. The zero-order valence-electron chi connectivity index (χ0n) is 18.7. The second-order valence-electron chi connectivity index (χ2n) is 8.01. The van der Waals surface area contributed by atoms with Gasteiger partial charge in [0.15, 0.2) is 0 Å². The van der Waals surface area contributed by atoms with E-state index in [1.807, 2.05) is 68.6 Å². The predicted molar refractivity (Wildman–Crippen MR) is 126 cm³/mol. The molecule has 0 aliphatic rings. The molecule has 166 valence electrons. The first-order chi connectivity index (χ1) is 16.0. The number of hydrogen-bond donors (Lipinski definition) is 2. The van der Waals surface area contributed by atoms with Gasteiger partial charge >= 0.3 is 0 Å². The van der Waals surface area contributed by atoms with Crippen molar-refractivity contribution in [1.29, 1.82) is 0 Å². The number of H-pyrrole nitrogens is 1. The van der Waals surface area contributed by atoms with Gasteiger partial charge in [-0.25, -0.2) is 9.50 Å². The average molecular weight is 441 g/mol. The lowest BCUT2D eigenvalue weighted by molar-refractivity contribution is 0.0942. The number of methoxy groups -OCH3 is 1. The van der Waals surface area contributed by atoms with Crippen LogP contribution in [0.25, 0.3) is 16.7 Å². The van der Waals surface area contributed by atoms with Crippen molar-refractivity contribution < 1.29 is 9.53 Å². The topological polar surface area (TPSA) is 97.2 Å². The SMILES string of the molecule is COc1ccc(C(CNC(=O)c2nc3nc(C)cc(C)n3n2)c2c[nH]c3ccccc23)cc1. The number of aromatic amines is 1. The monoisotopic (exact) mass is 440 g/mol. The van der Waals surface area contributed by atoms with E-state index in [1.54, 1.807) is 11.6 Å². The van der Waals surface area contributed by atoms with Crippen LogP contribution in [0.3, 0.4) is 0 Å². The van der Waals surface area contributed by atoms with Crippen molar-refractivity contribution in [2.24, 2.45) is 0 Å². The molecule has 0 fully saturated rings. The van der Waals surface area contributed by atoms with E-state index in [0.717, 1.165) is 39.2 Å². The summed E-state index contributed by atoms with van der Waals surface area (Å²) in [5.74, 6) is 0.892. The first kappa shape index (κ1) is 20.7. The fraction of sp³-hybridized carbons (Fsp3) is 0.200. The highest BCUT2D eigenvalue weighted by Crippen LogP contribution is 2.31. The van der Waals surface area contributed by atoms with Crippen LogP contribution in [0.1, 0.15) is 39.1 Å². The Morgan fingerprint density at radius 2 is 1.91 bits per heavy atom. The number of aryl methyl sites for hydroxylation is 2. The number of ether oxygens (including phenoxy) is 1. The standard InChI is InChI=1S/C25H24N6O2/c1-15-12-16(2)31-25(28-15)29-23(30-31)24(32)27-13-20(17-8-10-18(33-3)11-9-17)21-14-26-22-7-5-4-6-19(21)22/h4-12,14,20,26H,13H2,1-3H3,(H,27,32). The largest absolute Gasteiger partial charge is 0.497 e. The van der Waals surface area contributed by atoms with Gasteiger partial charge in [-0.05, 0) is 49.2 Å². The number of carbonyl (C=O) groups is 1. The van der Waals surface area contributed by atoms with E-state index in [2.05, 4.69) is 31.4 Å². The molecule has 0 aliphatic carbocycles. The van der Waals surface area contributed by atoms with Gasteiger partial charge in [-0.2, -0.15) is 4.98 Å². The van der Waals surface area contributed by atoms with Crippen LogP contribution in [-0.2, 0) is 0 Å². The van der Waals surface area contributed by atoms with Crippen molar-refractivity contribution in [2.45, 2.75) is 19.8 Å². The summed E-state index contributed by atoms with van der Waals surface area (Å²) >= 11 is 0. The van der Waals surface area contributed by atoms with Crippen molar-refractivity contribution in [3.63, 3.8) is 0 Å². The molecule has 2 N–H and O–H groups in total. The molecule has 3 aromatic heterocycles. The van der Waals surface area contributed by atoms with E-state index in [9.17, 15) is 4.79 Å². The number of amides is 1. The van der Waals surface area contributed by atoms with Crippen molar-refractivity contribution in [1.82, 2.24) is 29.9 Å². The van der Waals surface area contributed by atoms with Crippen LogP contribution in [0.2, 0.25) is 0 Å². The minimum atomic E-state index is -0.337. The number of benzene rings is 2. The van der Waals surface area contributed by atoms with Crippen LogP contribution < -0.4 is 10.1 Å². The van der Waals surface area contributed by atoms with Gasteiger partial charge in [-0.15, -0.1) is 5.10 Å². The lowest BCUT2D eigenvalue weighted by atomic mass is 9.90. The van der Waals surface area contributed by atoms with E-state index >= 15 is 0 Å². The zero-order chi connectivity index (χ0) is 22.9. The molecule has 0 aliphatic heterocycles. The highest BCUT2D eigenvalue weighted by molar-refractivity contribution is 5.91. The number of rotatable bonds is 6. The fourth-order valence-electron chi connectivity index (χ4n) is 4.16. The van der Waals surface area contributed by atoms with Crippen molar-refractivity contribution in [3.05, 3.63) is 89.1 Å². The van der Waals surface area contributed by atoms with Crippen LogP contribution in [0.4, 0.5) is 0 Å². The maximum absolute atomic E-state index is 13.0. The summed E-state index contributed by atoms with van der Waals surface area (Å²) in [4.78, 5) is 25.0. The molecule has 8 nitrogen and oxygen atoms in total. The third-order valence-corrected chi connectivity index (χ3v) is 5.80. The van der Waals surface area contributed by atoms with Crippen molar-refractivity contribution in [2.75, 3.05) is 13.7 Å². The van der Waals surface area contributed by atoms with Gasteiger partial charge in [0.2, 0.25) is 5.82 Å². The van der Waals surface area contributed by atoms with Crippen LogP contribution in [0, 0.1) is 13.8 Å². The lowest BCUT2D eigenvalue weighted by Crippen LogP contribution is -2.29. The van der Waals surface area contributed by atoms with Gasteiger partial charge in [-0.3, -0.25) is 4.79 Å². The Hall–Kier alpha value is -4.20. The number of para-hydroxylation sites is 1. The van der Waals surface area contributed by atoms with Gasteiger partial charge < -0.3 is 15.0 Å². The molecule has 33 heavy (non-hydrogen) atoms. The molecule has 5 aromatic rings. The van der Waals surface area contributed by atoms with Crippen LogP contribution >= 0.6 is 0 Å². The molecule has 8 heteroatoms. The Bertz CT molecular complexity index is 1450. The third-order valence-electron chi connectivity index (χ3n) is 5.80. The summed E-state index contributed by atoms with van der Waals surface area (Å²) in [7, 11) is 1.65. The summed E-state index contributed by atoms with van der Waals surface area (Å²) in [6.45, 7) is 4.19. The molecule has 0 bridgehead atoms. The molecular weight excluding hydrogens is 416 g/mol. The van der Waals surface area contributed by atoms with E-state index < -0.39 is 0 Å². The number of hydrogen-bond acceptors (Lipinski definition) is 5. The van der Waals surface area contributed by atoms with Crippen LogP contribution in [0.15, 0.2) is 60.8 Å². The molecule has 1 amide bonds. The third kappa shape index (κ3) is 3.91. The van der Waals surface area contributed by atoms with Crippen LogP contribution in [0.5, 0.6) is 5.75 Å². The number of aromatic nitrogens is 5. The second kappa shape index (κ2) is 8.38. The lowest BCUT2D eigenvalue weighted by Gasteiger charge is -2.18. The zero-order valence-corrected chi connectivity index (χ0v) is 18.7. The van der Waals surface area contributed by atoms with Gasteiger partial charge in [0.05, 0.1) is 7.11 Å². The Kier molecular flexibility index (Phi) is 5.26. The average Bonchev–Trinajstić information content (AvgIpc) is 3.44. The first-order valence-corrected chi connectivity index (χ1v) is 10.7. The Balaban J connectivity index is 1.46. The Labute approximate surface area is 190 Å². The molecule has 0 saturated carbocycles. The highest BCUT2D eigenvalue weighted by atomic mass is 16.5. The maximum Gasteiger partial charge on any atom is 0.291 e. The van der Waals surface area contributed by atoms with E-state index in [-0.39, 0.29) is 17.6 Å². The van der Waals surface area contributed by atoms with E-state index in [1.165, 1.54) is 0 Å². The molecule has 5 rings (SSSR count). The first-order valence-electron chi connectivity index (χ1n) is 10.7. The Morgan fingerprint density at radius 3 is 2.70 bits per heavy atom. The van der Waals surface area contributed by atoms with Gasteiger partial charge in [-0.1, -0.05) is 30.3 Å². The quantitative estimate of drug-likeness (QED) is 0.419. The summed E-state index contributed by atoms with van der Waals surface area (Å²) in [5, 5.41) is 8.49. The molecule has 0 saturated heterocycles. The number of nitrogens with zero attached hydrogens (tertiary/aromatic N) is 4. The van der Waals surface area contributed by atoms with Gasteiger partial charge in [0, 0.05) is 41.0 Å². The molecule has 2 aromatic carbocycles. The summed E-state index contributed by atoms with van der Waals surface area (Å²) in [6, 6.07) is 18.0. The van der Waals surface area contributed by atoms with Gasteiger partial charge in [0.25, 0.3) is 11.7 Å². The molecule has 0 spiro atoms. The van der Waals surface area contributed by atoms with E-state index in [0.29, 0.717) is 12.3 Å². The van der Waals surface area contributed by atoms with Gasteiger partial charge in [0.1, 0.15) is 5.75 Å². The molecular formula is C25H24N6O2. The summed E-state index contributed by atoms with van der Waals surface area (Å²) in [5.41, 5.74) is 4.93. The van der Waals surface area contributed by atoms with Crippen molar-refractivity contribution in [3.8, 4) is 5.75 Å². The minimum Gasteiger partial charge on any atom is -0.497 e. The number of fused-ring (bicyclic) bond motifs is 2. The number of carbonyl (C=O) groups excluding carboxylic acids is 1. The smallest absolute Gasteiger partial charge is 0.291 e. The summed E-state index contributed by atoms with van der Waals surface area (Å²) in [6.07, 6.45) is 2.00.